The highest BCUT2D eigenvalue weighted by molar-refractivity contribution is 7.91. The molecule has 0 aromatic heterocycles. The zero-order valence-corrected chi connectivity index (χ0v) is 11.2. The molecule has 0 saturated carbocycles. The molecule has 6 heteroatoms. The monoisotopic (exact) mass is 277 g/mol. The van der Waals surface area contributed by atoms with Gasteiger partial charge in [0.05, 0.1) is 5.69 Å². The van der Waals surface area contributed by atoms with Gasteiger partial charge in [-0.1, -0.05) is 18.2 Å². The Morgan fingerprint density at radius 3 is 2.84 bits per heavy atom. The summed E-state index contributed by atoms with van der Waals surface area (Å²) in [6.45, 7) is 0. The predicted molar refractivity (Wildman–Crippen MR) is 76.2 cm³/mol. The maximum atomic E-state index is 11.5. The third-order valence-electron chi connectivity index (χ3n) is 3.41. The lowest BCUT2D eigenvalue weighted by Crippen LogP contribution is -2.27. The first-order valence-electron chi connectivity index (χ1n) is 6.28. The number of nitrogens with two attached hydrogens (primary N) is 1. The Kier molecular flexibility index (Phi) is 2.82. The van der Waals surface area contributed by atoms with Crippen LogP contribution in [0.15, 0.2) is 28.7 Å². The average Bonchev–Trinajstić information content (AvgIpc) is 2.37. The van der Waals surface area contributed by atoms with Gasteiger partial charge < -0.3 is 5.73 Å². The highest BCUT2D eigenvalue weighted by Gasteiger charge is 2.24. The number of amidine groups is 1. The van der Waals surface area contributed by atoms with Gasteiger partial charge in [0.15, 0.2) is 0 Å². The number of allylic oxidation sites excluding steroid dienone is 2. The molecule has 0 fully saturated rings. The fourth-order valence-electron chi connectivity index (χ4n) is 2.60. The molecule has 1 aliphatic heterocycles. The highest BCUT2D eigenvalue weighted by Crippen LogP contribution is 2.34. The summed E-state index contributed by atoms with van der Waals surface area (Å²) < 4.78 is 29.0. The average molecular weight is 277 g/mol. The van der Waals surface area contributed by atoms with Crippen molar-refractivity contribution in [2.45, 2.75) is 25.7 Å². The van der Waals surface area contributed by atoms with Crippen molar-refractivity contribution in [3.05, 3.63) is 35.4 Å². The molecule has 0 amide bonds. The van der Waals surface area contributed by atoms with E-state index in [1.54, 1.807) is 6.07 Å². The fourth-order valence-corrected chi connectivity index (χ4v) is 3.44. The molecule has 0 saturated heterocycles. The third kappa shape index (κ3) is 2.23. The molecule has 3 rings (SSSR count). The number of benzene rings is 1. The van der Waals surface area contributed by atoms with Gasteiger partial charge in [-0.2, -0.15) is 8.42 Å². The van der Waals surface area contributed by atoms with Crippen LogP contribution in [-0.4, -0.2) is 14.3 Å². The van der Waals surface area contributed by atoms with Crippen molar-refractivity contribution in [3.8, 4) is 0 Å². The standard InChI is InChI=1S/C13H15N3O2S/c14-13-12-10(9-5-2-1-3-6-9)7-4-8-11(12)15-19(17,18)16-13/h4-5,7-8,15H,1-3,6H2,(H2,14,16). The molecular formula is C13H15N3O2S. The molecule has 0 spiro atoms. The molecular weight excluding hydrogens is 262 g/mol. The van der Waals surface area contributed by atoms with Gasteiger partial charge in [-0.05, 0) is 42.9 Å². The quantitative estimate of drug-likeness (QED) is 0.823. The summed E-state index contributed by atoms with van der Waals surface area (Å²) in [5, 5.41) is 0. The van der Waals surface area contributed by atoms with Crippen LogP contribution in [-0.2, 0) is 10.2 Å². The summed E-state index contributed by atoms with van der Waals surface area (Å²) in [6.07, 6.45) is 6.61. The maximum absolute atomic E-state index is 11.5. The van der Waals surface area contributed by atoms with Gasteiger partial charge in [-0.15, -0.1) is 4.40 Å². The van der Waals surface area contributed by atoms with Crippen LogP contribution in [0.3, 0.4) is 0 Å². The van der Waals surface area contributed by atoms with Crippen molar-refractivity contribution in [1.29, 1.82) is 0 Å². The summed E-state index contributed by atoms with van der Waals surface area (Å²) in [7, 11) is -3.70. The fraction of sp³-hybridized carbons (Fsp3) is 0.308. The topological polar surface area (TPSA) is 84.5 Å². The van der Waals surface area contributed by atoms with Crippen molar-refractivity contribution < 1.29 is 8.42 Å². The molecule has 1 aromatic carbocycles. The second-order valence-corrected chi connectivity index (χ2v) is 6.09. The first kappa shape index (κ1) is 12.2. The van der Waals surface area contributed by atoms with Gasteiger partial charge in [0.25, 0.3) is 0 Å². The lowest BCUT2D eigenvalue weighted by molar-refractivity contribution is 0.602. The van der Waals surface area contributed by atoms with Gasteiger partial charge in [0, 0.05) is 5.56 Å². The number of hydrogen-bond acceptors (Lipinski definition) is 3. The molecule has 100 valence electrons. The summed E-state index contributed by atoms with van der Waals surface area (Å²) in [6, 6.07) is 5.52. The molecule has 0 atom stereocenters. The SMILES string of the molecule is NC1=NS(=O)(=O)Nc2cccc(C3=CCCCC3)c21. The van der Waals surface area contributed by atoms with Gasteiger partial charge in [-0.25, -0.2) is 0 Å². The normalized spacial score (nSPS) is 20.8. The summed E-state index contributed by atoms with van der Waals surface area (Å²) >= 11 is 0. The van der Waals surface area contributed by atoms with E-state index in [9.17, 15) is 8.42 Å². The van der Waals surface area contributed by atoms with E-state index in [2.05, 4.69) is 15.2 Å². The molecule has 1 aromatic rings. The number of hydrogen-bond donors (Lipinski definition) is 2. The minimum Gasteiger partial charge on any atom is -0.382 e. The predicted octanol–water partition coefficient (Wildman–Crippen LogP) is 2.02. The Bertz CT molecular complexity index is 690. The minimum atomic E-state index is -3.70. The van der Waals surface area contributed by atoms with Crippen LogP contribution in [0.25, 0.3) is 5.57 Å². The van der Waals surface area contributed by atoms with Crippen LogP contribution in [0, 0.1) is 0 Å². The van der Waals surface area contributed by atoms with E-state index in [1.807, 2.05) is 12.1 Å². The number of anilines is 1. The largest absolute Gasteiger partial charge is 0.382 e. The third-order valence-corrected chi connectivity index (χ3v) is 4.33. The Labute approximate surface area is 112 Å². The van der Waals surface area contributed by atoms with Crippen LogP contribution in [0.5, 0.6) is 0 Å². The number of nitrogens with one attached hydrogen (secondary N) is 1. The van der Waals surface area contributed by atoms with Gasteiger partial charge in [0.2, 0.25) is 0 Å². The Balaban J connectivity index is 2.17. The molecule has 5 nitrogen and oxygen atoms in total. The van der Waals surface area contributed by atoms with Crippen LogP contribution in [0.4, 0.5) is 5.69 Å². The van der Waals surface area contributed by atoms with Gasteiger partial charge in [-0.3, -0.25) is 4.72 Å². The van der Waals surface area contributed by atoms with E-state index in [1.165, 1.54) is 12.0 Å². The lowest BCUT2D eigenvalue weighted by Gasteiger charge is -2.21. The number of fused-ring (bicyclic) bond motifs is 1. The van der Waals surface area contributed by atoms with E-state index in [0.29, 0.717) is 11.3 Å². The highest BCUT2D eigenvalue weighted by atomic mass is 32.2. The van der Waals surface area contributed by atoms with Gasteiger partial charge in [0.1, 0.15) is 5.84 Å². The van der Waals surface area contributed by atoms with E-state index in [4.69, 9.17) is 5.73 Å². The maximum Gasteiger partial charge on any atom is 0.344 e. The molecule has 19 heavy (non-hydrogen) atoms. The first-order chi connectivity index (χ1) is 9.07. The van der Waals surface area contributed by atoms with Crippen molar-refractivity contribution >= 4 is 27.3 Å². The molecule has 0 unspecified atom stereocenters. The van der Waals surface area contributed by atoms with Crippen molar-refractivity contribution in [3.63, 3.8) is 0 Å². The molecule has 2 aliphatic rings. The van der Waals surface area contributed by atoms with Crippen LogP contribution >= 0.6 is 0 Å². The van der Waals surface area contributed by atoms with E-state index in [0.717, 1.165) is 24.8 Å². The second kappa shape index (κ2) is 4.38. The van der Waals surface area contributed by atoms with E-state index < -0.39 is 10.2 Å². The Hall–Kier alpha value is -1.82. The molecule has 1 heterocycles. The summed E-state index contributed by atoms with van der Waals surface area (Å²) in [5.74, 6) is 0.0656. The molecule has 0 radical (unpaired) electrons. The molecule has 0 bridgehead atoms. The zero-order chi connectivity index (χ0) is 13.5. The zero-order valence-electron chi connectivity index (χ0n) is 10.4. The Morgan fingerprint density at radius 2 is 2.11 bits per heavy atom. The number of rotatable bonds is 1. The second-order valence-electron chi connectivity index (χ2n) is 4.76. The van der Waals surface area contributed by atoms with Crippen LogP contribution in [0.1, 0.15) is 36.8 Å². The van der Waals surface area contributed by atoms with Crippen LogP contribution < -0.4 is 10.5 Å². The van der Waals surface area contributed by atoms with E-state index >= 15 is 0 Å². The number of nitrogens with zero attached hydrogens (tertiary/aromatic N) is 1. The molecule has 1 aliphatic carbocycles. The first-order valence-corrected chi connectivity index (χ1v) is 7.72. The minimum absolute atomic E-state index is 0.0656. The summed E-state index contributed by atoms with van der Waals surface area (Å²) in [4.78, 5) is 0. The van der Waals surface area contributed by atoms with Crippen molar-refractivity contribution in [2.75, 3.05) is 4.72 Å². The van der Waals surface area contributed by atoms with Crippen molar-refractivity contribution in [1.82, 2.24) is 0 Å². The Morgan fingerprint density at radius 1 is 1.26 bits per heavy atom. The smallest absolute Gasteiger partial charge is 0.344 e. The van der Waals surface area contributed by atoms with Gasteiger partial charge >= 0.3 is 10.2 Å². The van der Waals surface area contributed by atoms with Crippen molar-refractivity contribution in [2.24, 2.45) is 10.1 Å². The van der Waals surface area contributed by atoms with Crippen LogP contribution in [0.2, 0.25) is 0 Å². The lowest BCUT2D eigenvalue weighted by atomic mass is 9.90. The van der Waals surface area contributed by atoms with E-state index in [-0.39, 0.29) is 5.84 Å². The summed E-state index contributed by atoms with van der Waals surface area (Å²) in [5.41, 5.74) is 9.25. The molecule has 3 N–H and O–H groups in total.